The minimum Gasteiger partial charge on any atom is -0.508 e. The van der Waals surface area contributed by atoms with E-state index in [1.807, 2.05) is 0 Å². The van der Waals surface area contributed by atoms with Gasteiger partial charge in [-0.3, -0.25) is 14.5 Å². The molecule has 0 bridgehead atoms. The summed E-state index contributed by atoms with van der Waals surface area (Å²) in [5, 5.41) is 24.0. The number of amidine groups is 1. The number of oxime groups is 1. The number of nitrogens with one attached hydrogen (secondary N) is 1. The van der Waals surface area contributed by atoms with Crippen LogP contribution >= 0.6 is 0 Å². The van der Waals surface area contributed by atoms with E-state index in [1.54, 1.807) is 29.2 Å². The molecule has 2 unspecified atom stereocenters. The molecule has 1 saturated heterocycles. The van der Waals surface area contributed by atoms with Crippen LogP contribution in [0, 0.1) is 0 Å². The number of carbonyl (C=O) groups excluding carboxylic acids is 3. The number of benzene rings is 2. The fourth-order valence-corrected chi connectivity index (χ4v) is 3.73. The molecule has 0 saturated carbocycles. The monoisotopic (exact) mass is 484 g/mol. The number of nitrogens with zero attached hydrogens (tertiary/aromatic N) is 2. The zero-order chi connectivity index (χ0) is 25.4. The van der Waals surface area contributed by atoms with Gasteiger partial charge in [0.1, 0.15) is 18.0 Å². The van der Waals surface area contributed by atoms with E-state index >= 15 is 0 Å². The molecule has 1 aliphatic rings. The van der Waals surface area contributed by atoms with Crippen LogP contribution < -0.4 is 11.1 Å². The molecule has 3 rings (SSSR count). The summed E-state index contributed by atoms with van der Waals surface area (Å²) in [7, 11) is 0. The molecule has 2 aromatic rings. The summed E-state index contributed by atoms with van der Waals surface area (Å²) < 4.78 is 0. The first kappa shape index (κ1) is 25.5. The lowest BCUT2D eigenvalue weighted by Crippen LogP contribution is -2.56. The number of aryl methyl sites for hydroxylation is 1. The Hall–Kier alpha value is -4.12. The maximum atomic E-state index is 13.0. The predicted octanol–water partition coefficient (Wildman–Crippen LogP) is 1.66. The normalized spacial score (nSPS) is 18.1. The number of amides is 2. The number of phenolic OH excluding ortho intramolecular Hbond substituents is 1. The predicted molar refractivity (Wildman–Crippen MR) is 124 cm³/mol. The number of carbonyl (C=O) groups is 3. The molecule has 2 atom stereocenters. The van der Waals surface area contributed by atoms with Crippen molar-refractivity contribution in [2.45, 2.75) is 44.9 Å². The van der Waals surface area contributed by atoms with Gasteiger partial charge in [-0.1, -0.05) is 29.4 Å². The minimum atomic E-state index is -0.687. The molecular weight excluding hydrogens is 456 g/mol. The second kappa shape index (κ2) is 11.8. The summed E-state index contributed by atoms with van der Waals surface area (Å²) in [4.78, 5) is 48.5. The van der Waals surface area contributed by atoms with Crippen LogP contribution in [0.15, 0.2) is 53.7 Å². The average molecular weight is 485 g/mol. The Morgan fingerprint density at radius 2 is 1.77 bits per heavy atom. The van der Waals surface area contributed by atoms with Crippen molar-refractivity contribution in [3.63, 3.8) is 0 Å². The van der Waals surface area contributed by atoms with Gasteiger partial charge in [0.2, 0.25) is 5.91 Å². The van der Waals surface area contributed by atoms with E-state index in [0.29, 0.717) is 30.5 Å². The minimum absolute atomic E-state index is 0.0832. The highest BCUT2D eigenvalue weighted by Gasteiger charge is 2.34. The maximum Gasteiger partial charge on any atom is 0.339 e. The lowest BCUT2D eigenvalue weighted by molar-refractivity contribution is -0.303. The lowest BCUT2D eigenvalue weighted by atomic mass is 10.0. The maximum absolute atomic E-state index is 13.0. The summed E-state index contributed by atoms with van der Waals surface area (Å²) >= 11 is 0. The summed E-state index contributed by atoms with van der Waals surface area (Å²) in [6.07, 6.45) is 0.159. The van der Waals surface area contributed by atoms with Gasteiger partial charge in [-0.05, 0) is 42.7 Å². The van der Waals surface area contributed by atoms with Crippen LogP contribution in [-0.4, -0.2) is 57.6 Å². The van der Waals surface area contributed by atoms with E-state index in [-0.39, 0.29) is 30.3 Å². The third-order valence-electron chi connectivity index (χ3n) is 5.59. The molecule has 1 fully saturated rings. The fraction of sp³-hybridized carbons (Fsp3) is 0.333. The van der Waals surface area contributed by atoms with Crippen molar-refractivity contribution >= 4 is 23.6 Å². The highest BCUT2D eigenvalue weighted by atomic mass is 17.2. The van der Waals surface area contributed by atoms with Gasteiger partial charge in [-0.15, -0.1) is 0 Å². The molecule has 35 heavy (non-hydrogen) atoms. The van der Waals surface area contributed by atoms with Gasteiger partial charge in [-0.25, -0.2) is 4.79 Å². The van der Waals surface area contributed by atoms with Crippen LogP contribution in [0.3, 0.4) is 0 Å². The third kappa shape index (κ3) is 7.18. The van der Waals surface area contributed by atoms with E-state index in [9.17, 15) is 19.5 Å². The highest BCUT2D eigenvalue weighted by Crippen LogP contribution is 2.21. The first-order chi connectivity index (χ1) is 16.8. The van der Waals surface area contributed by atoms with E-state index < -0.39 is 24.1 Å². The molecule has 0 aliphatic carbocycles. The van der Waals surface area contributed by atoms with Crippen molar-refractivity contribution in [2.75, 3.05) is 6.54 Å². The quantitative estimate of drug-likeness (QED) is 0.144. The number of rotatable bonds is 8. The summed E-state index contributed by atoms with van der Waals surface area (Å²) in [6, 6.07) is 12.7. The number of phenols is 1. The molecule has 11 nitrogen and oxygen atoms in total. The average Bonchev–Trinajstić information content (AvgIpc) is 2.86. The first-order valence-corrected chi connectivity index (χ1v) is 11.1. The van der Waals surface area contributed by atoms with Gasteiger partial charge in [0.05, 0.1) is 0 Å². The van der Waals surface area contributed by atoms with Crippen LogP contribution in [0.2, 0.25) is 0 Å². The largest absolute Gasteiger partial charge is 0.508 e. The summed E-state index contributed by atoms with van der Waals surface area (Å²) in [6.45, 7) is 1.52. The Balaban J connectivity index is 1.69. The highest BCUT2D eigenvalue weighted by molar-refractivity contribution is 5.99. The van der Waals surface area contributed by atoms with Crippen LogP contribution in [0.25, 0.3) is 0 Å². The Kier molecular flexibility index (Phi) is 8.63. The van der Waals surface area contributed by atoms with Crippen LogP contribution in [-0.2, 0) is 25.8 Å². The van der Waals surface area contributed by atoms with Crippen molar-refractivity contribution in [2.24, 2.45) is 10.9 Å². The smallest absolute Gasteiger partial charge is 0.339 e. The number of piperidine rings is 1. The summed E-state index contributed by atoms with van der Waals surface area (Å²) in [5.74, 6) is -1.11. The van der Waals surface area contributed by atoms with Crippen LogP contribution in [0.4, 0.5) is 0 Å². The van der Waals surface area contributed by atoms with Gasteiger partial charge in [0.15, 0.2) is 5.84 Å². The van der Waals surface area contributed by atoms with E-state index in [4.69, 9.17) is 15.8 Å². The zero-order valence-corrected chi connectivity index (χ0v) is 19.2. The number of hydrogen-bond donors (Lipinski definition) is 4. The topological polar surface area (TPSA) is 164 Å². The van der Waals surface area contributed by atoms with Crippen molar-refractivity contribution in [3.05, 3.63) is 65.2 Å². The van der Waals surface area contributed by atoms with E-state index in [2.05, 4.69) is 15.4 Å². The van der Waals surface area contributed by atoms with Gasteiger partial charge in [0, 0.05) is 37.4 Å². The molecule has 1 aliphatic heterocycles. The zero-order valence-electron chi connectivity index (χ0n) is 19.2. The Bertz CT molecular complexity index is 1070. The molecule has 1 heterocycles. The number of likely N-dealkylation sites (tertiary alicyclic amines) is 1. The van der Waals surface area contributed by atoms with Gasteiger partial charge < -0.3 is 26.3 Å². The van der Waals surface area contributed by atoms with E-state index in [0.717, 1.165) is 5.56 Å². The fourth-order valence-electron chi connectivity index (χ4n) is 3.73. The van der Waals surface area contributed by atoms with Crippen molar-refractivity contribution in [1.82, 2.24) is 10.2 Å². The summed E-state index contributed by atoms with van der Waals surface area (Å²) in [5.41, 5.74) is 7.22. The standard InChI is InChI=1S/C24H28N4O7/c1-15(29)34-35-20-12-13-28(22(31)11-4-16-2-9-19(30)10-3-16)21(14-20)26-24(32)18-7-5-17(6-8-18)23(25)27-33/h2-3,5-10,20-21,30,33H,4,11-14H2,1H3,(H2,25,27)(H,26,32). The molecule has 0 aromatic heterocycles. The van der Waals surface area contributed by atoms with Gasteiger partial charge in [0.25, 0.3) is 5.91 Å². The van der Waals surface area contributed by atoms with Crippen molar-refractivity contribution in [3.8, 4) is 5.75 Å². The Morgan fingerprint density at radius 3 is 2.40 bits per heavy atom. The molecule has 2 aromatic carbocycles. The molecular formula is C24H28N4O7. The molecule has 11 heteroatoms. The molecule has 2 amide bonds. The second-order valence-electron chi connectivity index (χ2n) is 8.12. The van der Waals surface area contributed by atoms with Gasteiger partial charge in [-0.2, -0.15) is 4.89 Å². The number of hydrogen-bond acceptors (Lipinski definition) is 8. The Labute approximate surface area is 202 Å². The third-order valence-corrected chi connectivity index (χ3v) is 5.59. The first-order valence-electron chi connectivity index (χ1n) is 11.1. The van der Waals surface area contributed by atoms with Gasteiger partial charge >= 0.3 is 5.97 Å². The Morgan fingerprint density at radius 1 is 1.11 bits per heavy atom. The number of aromatic hydroxyl groups is 1. The molecule has 5 N–H and O–H groups in total. The van der Waals surface area contributed by atoms with Crippen molar-refractivity contribution in [1.29, 1.82) is 0 Å². The molecule has 0 spiro atoms. The SMILES string of the molecule is CC(=O)OOC1CCN(C(=O)CCc2ccc(O)cc2)C(NC(=O)c2ccc(/C(N)=N\O)cc2)C1. The molecule has 186 valence electrons. The van der Waals surface area contributed by atoms with E-state index in [1.165, 1.54) is 31.2 Å². The number of nitrogens with two attached hydrogens (primary N) is 1. The van der Waals surface area contributed by atoms with Crippen LogP contribution in [0.5, 0.6) is 5.75 Å². The van der Waals surface area contributed by atoms with Crippen LogP contribution in [0.1, 0.15) is 47.7 Å². The lowest BCUT2D eigenvalue weighted by Gasteiger charge is -2.39. The molecule has 0 radical (unpaired) electrons. The van der Waals surface area contributed by atoms with Crippen molar-refractivity contribution < 1.29 is 34.5 Å². The second-order valence-corrected chi connectivity index (χ2v) is 8.12.